The van der Waals surface area contributed by atoms with Crippen LogP contribution in [0.1, 0.15) is 12.8 Å². The first-order chi connectivity index (χ1) is 7.38. The van der Waals surface area contributed by atoms with Crippen LogP contribution in [-0.4, -0.2) is 48.7 Å². The first-order valence-corrected chi connectivity index (χ1v) is 5.38. The molecule has 0 aromatic heterocycles. The summed E-state index contributed by atoms with van der Waals surface area (Å²) in [6, 6.07) is 0. The molecular weight excluding hydrogens is 247 g/mol. The van der Waals surface area contributed by atoms with E-state index >= 15 is 0 Å². The topological polar surface area (TPSA) is 29.5 Å². The maximum atomic E-state index is 11.7. The molecule has 0 unspecified atom stereocenters. The summed E-state index contributed by atoms with van der Waals surface area (Å²) in [4.78, 5) is 12.9. The molecule has 1 heterocycles. The third kappa shape index (κ3) is 5.03. The number of hydrogen-bond donors (Lipinski definition) is 0. The molecule has 0 aliphatic carbocycles. The summed E-state index contributed by atoms with van der Waals surface area (Å²) in [7, 11) is 0. The van der Waals surface area contributed by atoms with Crippen LogP contribution in [-0.2, 0) is 9.53 Å². The van der Waals surface area contributed by atoms with E-state index in [1.165, 1.54) is 4.90 Å². The van der Waals surface area contributed by atoms with Gasteiger partial charge in [-0.3, -0.25) is 4.79 Å². The van der Waals surface area contributed by atoms with Gasteiger partial charge in [0.25, 0.3) is 0 Å². The summed E-state index contributed by atoms with van der Waals surface area (Å²) in [6.45, 7) is -0.929. The standard InChI is InChI=1S/C9H13ClF3NO2/c10-7-1-3-14(4-2-7)8(15)5-16-6-9(11,12)13/h7H,1-6H2. The number of alkyl halides is 4. The molecule has 1 aliphatic heterocycles. The van der Waals surface area contributed by atoms with E-state index in [0.717, 1.165) is 0 Å². The van der Waals surface area contributed by atoms with Crippen LogP contribution in [0.2, 0.25) is 0 Å². The predicted octanol–water partition coefficient (Wildman–Crippen LogP) is 1.80. The zero-order chi connectivity index (χ0) is 12.2. The van der Waals surface area contributed by atoms with E-state index in [4.69, 9.17) is 11.6 Å². The highest BCUT2D eigenvalue weighted by molar-refractivity contribution is 6.20. The van der Waals surface area contributed by atoms with Crippen molar-refractivity contribution in [2.24, 2.45) is 0 Å². The zero-order valence-electron chi connectivity index (χ0n) is 8.60. The van der Waals surface area contributed by atoms with Gasteiger partial charge in [-0.1, -0.05) is 0 Å². The van der Waals surface area contributed by atoms with Gasteiger partial charge in [-0.15, -0.1) is 11.6 Å². The van der Waals surface area contributed by atoms with Crippen LogP contribution in [0.15, 0.2) is 0 Å². The number of carbonyl (C=O) groups excluding carboxylic acids is 1. The fourth-order valence-corrected chi connectivity index (χ4v) is 1.64. The fraction of sp³-hybridized carbons (Fsp3) is 0.889. The van der Waals surface area contributed by atoms with Gasteiger partial charge in [-0.2, -0.15) is 13.2 Å². The molecule has 0 spiro atoms. The number of carbonyl (C=O) groups is 1. The molecule has 1 rings (SSSR count). The van der Waals surface area contributed by atoms with Gasteiger partial charge >= 0.3 is 6.18 Å². The van der Waals surface area contributed by atoms with Gasteiger partial charge < -0.3 is 9.64 Å². The lowest BCUT2D eigenvalue weighted by atomic mass is 10.1. The third-order valence-electron chi connectivity index (χ3n) is 2.27. The Labute approximate surface area is 96.5 Å². The zero-order valence-corrected chi connectivity index (χ0v) is 9.35. The van der Waals surface area contributed by atoms with Crippen LogP contribution in [0.25, 0.3) is 0 Å². The summed E-state index contributed by atoms with van der Waals surface area (Å²) < 4.78 is 39.5. The highest BCUT2D eigenvalue weighted by Crippen LogP contribution is 2.16. The lowest BCUT2D eigenvalue weighted by molar-refractivity contribution is -0.178. The van der Waals surface area contributed by atoms with Gasteiger partial charge in [0.1, 0.15) is 13.2 Å². The summed E-state index contributed by atoms with van der Waals surface area (Å²) in [5.74, 6) is -0.409. The van der Waals surface area contributed by atoms with E-state index in [1.54, 1.807) is 0 Å². The Morgan fingerprint density at radius 2 is 1.94 bits per heavy atom. The molecule has 0 radical (unpaired) electrons. The van der Waals surface area contributed by atoms with Crippen molar-refractivity contribution in [3.8, 4) is 0 Å². The molecule has 16 heavy (non-hydrogen) atoms. The highest BCUT2D eigenvalue weighted by atomic mass is 35.5. The largest absolute Gasteiger partial charge is 0.411 e. The SMILES string of the molecule is O=C(COCC(F)(F)F)N1CCC(Cl)CC1. The Balaban J connectivity index is 2.20. The van der Waals surface area contributed by atoms with Crippen LogP contribution in [0.4, 0.5) is 13.2 Å². The van der Waals surface area contributed by atoms with E-state index < -0.39 is 25.3 Å². The average Bonchev–Trinajstić information content (AvgIpc) is 2.16. The van der Waals surface area contributed by atoms with E-state index in [-0.39, 0.29) is 5.38 Å². The summed E-state index contributed by atoms with van der Waals surface area (Å²) in [6.07, 6.45) is -3.04. The molecule has 0 bridgehead atoms. The number of nitrogens with zero attached hydrogens (tertiary/aromatic N) is 1. The highest BCUT2D eigenvalue weighted by Gasteiger charge is 2.28. The van der Waals surface area contributed by atoms with Crippen LogP contribution >= 0.6 is 11.6 Å². The molecule has 7 heteroatoms. The minimum atomic E-state index is -4.39. The van der Waals surface area contributed by atoms with E-state index in [2.05, 4.69) is 4.74 Å². The van der Waals surface area contributed by atoms with Crippen molar-refractivity contribution < 1.29 is 22.7 Å². The molecule has 0 aromatic rings. The number of likely N-dealkylation sites (tertiary alicyclic amines) is 1. The lowest BCUT2D eigenvalue weighted by Gasteiger charge is -2.29. The van der Waals surface area contributed by atoms with Crippen molar-refractivity contribution in [3.05, 3.63) is 0 Å². The number of rotatable bonds is 3. The second kappa shape index (κ2) is 5.72. The maximum absolute atomic E-state index is 11.7. The predicted molar refractivity (Wildman–Crippen MR) is 52.3 cm³/mol. The number of ether oxygens (including phenoxy) is 1. The van der Waals surface area contributed by atoms with E-state index in [9.17, 15) is 18.0 Å². The monoisotopic (exact) mass is 259 g/mol. The van der Waals surface area contributed by atoms with Gasteiger partial charge in [-0.05, 0) is 12.8 Å². The van der Waals surface area contributed by atoms with E-state index in [0.29, 0.717) is 25.9 Å². The first-order valence-electron chi connectivity index (χ1n) is 4.95. The summed E-state index contributed by atoms with van der Waals surface area (Å²) in [5.41, 5.74) is 0. The van der Waals surface area contributed by atoms with Gasteiger partial charge in [0, 0.05) is 18.5 Å². The Bertz CT molecular complexity index is 239. The normalized spacial score (nSPS) is 18.9. The smallest absolute Gasteiger partial charge is 0.362 e. The van der Waals surface area contributed by atoms with Gasteiger partial charge in [0.05, 0.1) is 0 Å². The Kier molecular flexibility index (Phi) is 4.86. The second-order valence-electron chi connectivity index (χ2n) is 3.66. The summed E-state index contributed by atoms with van der Waals surface area (Å²) in [5, 5.41) is 0.0557. The van der Waals surface area contributed by atoms with Crippen LogP contribution in [0, 0.1) is 0 Å². The minimum absolute atomic E-state index is 0.0557. The molecule has 0 saturated carbocycles. The van der Waals surface area contributed by atoms with Gasteiger partial charge in [-0.25, -0.2) is 0 Å². The lowest BCUT2D eigenvalue weighted by Crippen LogP contribution is -2.41. The van der Waals surface area contributed by atoms with Crippen LogP contribution in [0.3, 0.4) is 0 Å². The average molecular weight is 260 g/mol. The van der Waals surface area contributed by atoms with Crippen molar-refractivity contribution in [2.45, 2.75) is 24.4 Å². The minimum Gasteiger partial charge on any atom is -0.362 e. The molecule has 94 valence electrons. The quantitative estimate of drug-likeness (QED) is 0.724. The summed E-state index contributed by atoms with van der Waals surface area (Å²) >= 11 is 5.83. The maximum Gasteiger partial charge on any atom is 0.411 e. The fourth-order valence-electron chi connectivity index (χ4n) is 1.44. The molecular formula is C9H13ClF3NO2. The molecule has 1 amide bonds. The third-order valence-corrected chi connectivity index (χ3v) is 2.70. The van der Waals surface area contributed by atoms with Crippen molar-refractivity contribution in [1.82, 2.24) is 4.90 Å². The first kappa shape index (κ1) is 13.6. The Hall–Kier alpha value is -0.490. The molecule has 0 aromatic carbocycles. The van der Waals surface area contributed by atoms with Gasteiger partial charge in [0.15, 0.2) is 0 Å². The van der Waals surface area contributed by atoms with Crippen LogP contribution < -0.4 is 0 Å². The van der Waals surface area contributed by atoms with Crippen LogP contribution in [0.5, 0.6) is 0 Å². The number of hydrogen-bond acceptors (Lipinski definition) is 2. The van der Waals surface area contributed by atoms with Crippen molar-refractivity contribution in [1.29, 1.82) is 0 Å². The number of piperidine rings is 1. The number of amides is 1. The molecule has 1 aliphatic rings. The van der Waals surface area contributed by atoms with Crippen molar-refractivity contribution in [2.75, 3.05) is 26.3 Å². The molecule has 3 nitrogen and oxygen atoms in total. The Morgan fingerprint density at radius 1 is 1.38 bits per heavy atom. The van der Waals surface area contributed by atoms with E-state index in [1.807, 2.05) is 0 Å². The molecule has 1 saturated heterocycles. The van der Waals surface area contributed by atoms with Gasteiger partial charge in [0.2, 0.25) is 5.91 Å². The molecule has 1 fully saturated rings. The van der Waals surface area contributed by atoms with Crippen molar-refractivity contribution in [3.63, 3.8) is 0 Å². The number of halogens is 4. The Morgan fingerprint density at radius 3 is 2.44 bits per heavy atom. The molecule has 0 N–H and O–H groups in total. The molecule has 0 atom stereocenters. The van der Waals surface area contributed by atoms with Crippen molar-refractivity contribution >= 4 is 17.5 Å². The second-order valence-corrected chi connectivity index (χ2v) is 4.28.